The van der Waals surface area contributed by atoms with Gasteiger partial charge in [0, 0.05) is 38.5 Å². The van der Waals surface area contributed by atoms with Crippen LogP contribution in [0, 0.1) is 0 Å². The third-order valence-corrected chi connectivity index (χ3v) is 5.20. The maximum atomic E-state index is 12.8. The van der Waals surface area contributed by atoms with Gasteiger partial charge >= 0.3 is 0 Å². The summed E-state index contributed by atoms with van der Waals surface area (Å²) in [6.07, 6.45) is 7.45. The molecule has 0 saturated carbocycles. The van der Waals surface area contributed by atoms with Gasteiger partial charge in [0.1, 0.15) is 17.8 Å². The van der Waals surface area contributed by atoms with E-state index in [9.17, 15) is 9.59 Å². The third-order valence-electron chi connectivity index (χ3n) is 5.20. The maximum Gasteiger partial charge on any atom is 0.274 e. The molecule has 0 unspecified atom stereocenters. The number of anilines is 1. The van der Waals surface area contributed by atoms with Crippen LogP contribution in [0.3, 0.4) is 0 Å². The molecule has 2 saturated heterocycles. The molecule has 0 bridgehead atoms. The number of imidazole rings is 1. The average molecular weight is 399 g/mol. The van der Waals surface area contributed by atoms with Crippen LogP contribution in [0.15, 0.2) is 30.9 Å². The predicted octanol–water partition coefficient (Wildman–Crippen LogP) is 1.98. The van der Waals surface area contributed by atoms with Gasteiger partial charge in [0.2, 0.25) is 5.91 Å². The van der Waals surface area contributed by atoms with Crippen molar-refractivity contribution < 1.29 is 19.1 Å². The number of aromatic nitrogens is 3. The van der Waals surface area contributed by atoms with Crippen molar-refractivity contribution in [3.8, 4) is 5.82 Å². The number of nitrogens with zero attached hydrogens (tertiary/aromatic N) is 4. The van der Waals surface area contributed by atoms with Crippen molar-refractivity contribution in [2.75, 3.05) is 31.6 Å². The van der Waals surface area contributed by atoms with E-state index >= 15 is 0 Å². The molecule has 0 radical (unpaired) electrons. The Morgan fingerprint density at radius 3 is 2.59 bits per heavy atom. The minimum absolute atomic E-state index is 0.0331. The van der Waals surface area contributed by atoms with E-state index in [1.54, 1.807) is 40.3 Å². The Bertz CT molecular complexity index is 863. The molecule has 29 heavy (non-hydrogen) atoms. The van der Waals surface area contributed by atoms with Gasteiger partial charge < -0.3 is 19.7 Å². The molecule has 2 amide bonds. The molecule has 1 spiro atoms. The molecule has 2 aliphatic heterocycles. The van der Waals surface area contributed by atoms with E-state index in [1.165, 1.54) is 0 Å². The third kappa shape index (κ3) is 4.30. The molecule has 4 rings (SSSR count). The summed E-state index contributed by atoms with van der Waals surface area (Å²) in [5, 5.41) is 2.80. The first-order chi connectivity index (χ1) is 14.1. The van der Waals surface area contributed by atoms with Crippen LogP contribution in [0.1, 0.15) is 43.1 Å². The van der Waals surface area contributed by atoms with Crippen molar-refractivity contribution in [3.63, 3.8) is 0 Å². The highest BCUT2D eigenvalue weighted by Gasteiger charge is 2.41. The normalized spacial score (nSPS) is 18.2. The lowest BCUT2D eigenvalue weighted by Crippen LogP contribution is -2.47. The topological polar surface area (TPSA) is 98.6 Å². The molecule has 154 valence electrons. The van der Waals surface area contributed by atoms with Crippen molar-refractivity contribution in [1.29, 1.82) is 0 Å². The number of hydrogen-bond donors (Lipinski definition) is 1. The number of amides is 2. The van der Waals surface area contributed by atoms with E-state index < -0.39 is 5.79 Å². The van der Waals surface area contributed by atoms with E-state index in [-0.39, 0.29) is 11.8 Å². The van der Waals surface area contributed by atoms with E-state index in [0.717, 1.165) is 6.42 Å². The maximum absolute atomic E-state index is 12.8. The van der Waals surface area contributed by atoms with Crippen molar-refractivity contribution in [2.45, 2.75) is 38.4 Å². The minimum atomic E-state index is -0.506. The van der Waals surface area contributed by atoms with Crippen molar-refractivity contribution in [2.24, 2.45) is 0 Å². The fourth-order valence-electron chi connectivity index (χ4n) is 3.62. The Balaban J connectivity index is 1.38. The number of piperidine rings is 1. The monoisotopic (exact) mass is 399 g/mol. The number of likely N-dealkylation sites (tertiary alicyclic amines) is 1. The predicted molar refractivity (Wildman–Crippen MR) is 105 cm³/mol. The summed E-state index contributed by atoms with van der Waals surface area (Å²) in [5.41, 5.74) is 1.01. The molecule has 1 N–H and O–H groups in total. The Labute approximate surface area is 169 Å². The van der Waals surface area contributed by atoms with Gasteiger partial charge in [-0.2, -0.15) is 0 Å². The fourth-order valence-corrected chi connectivity index (χ4v) is 3.62. The van der Waals surface area contributed by atoms with Gasteiger partial charge in [0.25, 0.3) is 5.91 Å². The van der Waals surface area contributed by atoms with Crippen molar-refractivity contribution >= 4 is 17.5 Å². The Morgan fingerprint density at radius 1 is 1.17 bits per heavy atom. The molecule has 2 aromatic rings. The van der Waals surface area contributed by atoms with Gasteiger partial charge in [-0.25, -0.2) is 9.97 Å². The quantitative estimate of drug-likeness (QED) is 0.826. The van der Waals surface area contributed by atoms with Crippen LogP contribution in [0.25, 0.3) is 5.82 Å². The van der Waals surface area contributed by atoms with E-state index in [4.69, 9.17) is 9.47 Å². The van der Waals surface area contributed by atoms with Gasteiger partial charge in [-0.1, -0.05) is 6.92 Å². The summed E-state index contributed by atoms with van der Waals surface area (Å²) in [4.78, 5) is 34.8. The van der Waals surface area contributed by atoms with E-state index in [2.05, 4.69) is 15.3 Å². The Kier molecular flexibility index (Phi) is 5.59. The number of carbonyl (C=O) groups excluding carboxylic acids is 2. The highest BCUT2D eigenvalue weighted by atomic mass is 16.7. The van der Waals surface area contributed by atoms with E-state index in [0.29, 0.717) is 62.8 Å². The molecular weight excluding hydrogens is 374 g/mol. The molecule has 0 atom stereocenters. The molecule has 2 aliphatic rings. The zero-order valence-electron chi connectivity index (χ0n) is 16.5. The van der Waals surface area contributed by atoms with Crippen LogP contribution in [0.2, 0.25) is 0 Å². The number of nitrogens with one attached hydrogen (secondary N) is 1. The smallest absolute Gasteiger partial charge is 0.274 e. The van der Waals surface area contributed by atoms with Crippen LogP contribution in [-0.2, 0) is 14.3 Å². The van der Waals surface area contributed by atoms with Crippen LogP contribution in [-0.4, -0.2) is 63.3 Å². The number of pyridine rings is 1. The van der Waals surface area contributed by atoms with Gasteiger partial charge in [-0.3, -0.25) is 14.2 Å². The molecule has 0 aromatic carbocycles. The standard InChI is InChI=1S/C20H25N5O4/c1-2-3-18(26)23-15-4-5-17(21-12-15)25-13-16(22-14-25)19(27)24-8-6-20(7-9-24)28-10-11-29-20/h4-5,12-14H,2-3,6-11H2,1H3,(H,23,26). The van der Waals surface area contributed by atoms with Gasteiger partial charge in [-0.05, 0) is 18.6 Å². The molecule has 4 heterocycles. The first-order valence-corrected chi connectivity index (χ1v) is 9.96. The number of carbonyl (C=O) groups is 2. The molecule has 0 aliphatic carbocycles. The van der Waals surface area contributed by atoms with Crippen LogP contribution < -0.4 is 5.32 Å². The fraction of sp³-hybridized carbons (Fsp3) is 0.500. The van der Waals surface area contributed by atoms with Crippen LogP contribution in [0.4, 0.5) is 5.69 Å². The summed E-state index contributed by atoms with van der Waals surface area (Å²) in [7, 11) is 0. The summed E-state index contributed by atoms with van der Waals surface area (Å²) >= 11 is 0. The zero-order chi connectivity index (χ0) is 20.3. The average Bonchev–Trinajstić information content (AvgIpc) is 3.39. The molecule has 2 aromatic heterocycles. The molecule has 9 heteroatoms. The van der Waals surface area contributed by atoms with Crippen molar-refractivity contribution in [1.82, 2.24) is 19.4 Å². The number of rotatable bonds is 5. The first-order valence-electron chi connectivity index (χ1n) is 9.96. The largest absolute Gasteiger partial charge is 0.347 e. The minimum Gasteiger partial charge on any atom is -0.347 e. The van der Waals surface area contributed by atoms with Gasteiger partial charge in [0.15, 0.2) is 5.79 Å². The molecular formula is C20H25N5O4. The summed E-state index contributed by atoms with van der Waals surface area (Å²) in [5.74, 6) is -0.0290. The Hall–Kier alpha value is -2.78. The lowest BCUT2D eigenvalue weighted by Gasteiger charge is -2.37. The molecule has 2 fully saturated rings. The number of hydrogen-bond acceptors (Lipinski definition) is 6. The first kappa shape index (κ1) is 19.5. The van der Waals surface area contributed by atoms with Crippen molar-refractivity contribution in [3.05, 3.63) is 36.5 Å². The SMILES string of the molecule is CCCC(=O)Nc1ccc(-n2cnc(C(=O)N3CCC4(CC3)OCCO4)c2)nc1. The summed E-state index contributed by atoms with van der Waals surface area (Å²) < 4.78 is 13.1. The van der Waals surface area contributed by atoms with Gasteiger partial charge in [0.05, 0.1) is 25.1 Å². The second-order valence-electron chi connectivity index (χ2n) is 7.27. The van der Waals surface area contributed by atoms with Gasteiger partial charge in [-0.15, -0.1) is 0 Å². The number of ether oxygens (including phenoxy) is 2. The summed E-state index contributed by atoms with van der Waals surface area (Å²) in [6.45, 7) is 4.35. The van der Waals surface area contributed by atoms with Crippen LogP contribution in [0.5, 0.6) is 0 Å². The highest BCUT2D eigenvalue weighted by Crippen LogP contribution is 2.31. The second-order valence-corrected chi connectivity index (χ2v) is 7.27. The zero-order valence-corrected chi connectivity index (χ0v) is 16.5. The highest BCUT2D eigenvalue weighted by molar-refractivity contribution is 5.92. The lowest BCUT2D eigenvalue weighted by molar-refractivity contribution is -0.181. The Morgan fingerprint density at radius 2 is 1.93 bits per heavy atom. The van der Waals surface area contributed by atoms with Crippen LogP contribution >= 0.6 is 0 Å². The van der Waals surface area contributed by atoms with E-state index in [1.807, 2.05) is 6.92 Å². The summed E-state index contributed by atoms with van der Waals surface area (Å²) in [6, 6.07) is 3.56. The molecule has 9 nitrogen and oxygen atoms in total. The second kappa shape index (κ2) is 8.30. The lowest BCUT2D eigenvalue weighted by atomic mass is 10.0.